The molecule has 2 aromatic rings. The quantitative estimate of drug-likeness (QED) is 0.873. The van der Waals surface area contributed by atoms with Crippen molar-refractivity contribution < 1.29 is 4.74 Å². The van der Waals surface area contributed by atoms with Crippen LogP contribution in [0, 0.1) is 17.2 Å². The number of nitrogen functional groups attached to an aromatic ring is 1. The van der Waals surface area contributed by atoms with Gasteiger partial charge in [0.05, 0.1) is 6.61 Å². The lowest BCUT2D eigenvalue weighted by Gasteiger charge is -2.27. The molecule has 0 aliphatic heterocycles. The molecule has 0 bridgehead atoms. The third-order valence-corrected chi connectivity index (χ3v) is 4.96. The van der Waals surface area contributed by atoms with Gasteiger partial charge in [-0.25, -0.2) is 4.98 Å². The Balaban J connectivity index is 2.10. The number of hydrogen-bond donors (Lipinski definition) is 1. The number of aromatic nitrogens is 1. The lowest BCUT2D eigenvalue weighted by Crippen LogP contribution is -2.18. The van der Waals surface area contributed by atoms with E-state index < -0.39 is 0 Å². The molecule has 1 atom stereocenters. The maximum absolute atomic E-state index is 9.68. The van der Waals surface area contributed by atoms with Crippen LogP contribution in [0.1, 0.15) is 49.9 Å². The van der Waals surface area contributed by atoms with Crippen LogP contribution in [0.4, 0.5) is 5.82 Å². The van der Waals surface area contributed by atoms with E-state index in [2.05, 4.69) is 18.0 Å². The van der Waals surface area contributed by atoms with Crippen molar-refractivity contribution in [2.75, 3.05) is 12.3 Å². The fraction of sp³-hybridized carbons (Fsp3) is 0.429. The lowest BCUT2D eigenvalue weighted by atomic mass is 9.79. The first-order valence-corrected chi connectivity index (χ1v) is 9.12. The van der Waals surface area contributed by atoms with Gasteiger partial charge < -0.3 is 10.5 Å². The summed E-state index contributed by atoms with van der Waals surface area (Å²) < 4.78 is 5.54. The summed E-state index contributed by atoms with van der Waals surface area (Å²) in [6.07, 6.45) is 5.48. The predicted octanol–water partition coefficient (Wildman–Crippen LogP) is 4.51. The molecule has 25 heavy (non-hydrogen) atoms. The number of nitrogens with two attached hydrogens (primary N) is 1. The maximum Gasteiger partial charge on any atom is 0.142 e. The first-order valence-electron chi connectivity index (χ1n) is 9.12. The molecule has 0 radical (unpaired) electrons. The van der Waals surface area contributed by atoms with Gasteiger partial charge in [0, 0.05) is 11.3 Å². The van der Waals surface area contributed by atoms with E-state index in [1.54, 1.807) is 0 Å². The Morgan fingerprint density at radius 2 is 2.04 bits per heavy atom. The third-order valence-electron chi connectivity index (χ3n) is 4.96. The average molecular weight is 335 g/mol. The van der Waals surface area contributed by atoms with Gasteiger partial charge in [-0.15, -0.1) is 0 Å². The Morgan fingerprint density at radius 3 is 2.68 bits per heavy atom. The molecule has 0 fully saturated rings. The summed E-state index contributed by atoms with van der Waals surface area (Å²) in [7, 11) is 0. The molecule has 3 rings (SSSR count). The molecule has 0 saturated heterocycles. The average Bonchev–Trinajstić information content (AvgIpc) is 2.62. The van der Waals surface area contributed by atoms with E-state index >= 15 is 0 Å². The molecular weight excluding hydrogens is 310 g/mol. The number of nitriles is 1. The topological polar surface area (TPSA) is 71.9 Å². The zero-order valence-corrected chi connectivity index (χ0v) is 15.0. The van der Waals surface area contributed by atoms with Gasteiger partial charge in [0.25, 0.3) is 0 Å². The number of anilines is 1. The minimum Gasteiger partial charge on any atom is -0.494 e. The van der Waals surface area contributed by atoms with Gasteiger partial charge in [-0.2, -0.15) is 5.26 Å². The van der Waals surface area contributed by atoms with E-state index in [0.29, 0.717) is 23.9 Å². The van der Waals surface area contributed by atoms with E-state index in [1.165, 1.54) is 18.4 Å². The summed E-state index contributed by atoms with van der Waals surface area (Å²) >= 11 is 0. The van der Waals surface area contributed by atoms with Crippen molar-refractivity contribution in [1.29, 1.82) is 5.26 Å². The summed E-state index contributed by atoms with van der Waals surface area (Å²) in [5, 5.41) is 9.68. The van der Waals surface area contributed by atoms with Gasteiger partial charge in [-0.1, -0.05) is 31.9 Å². The molecule has 1 aliphatic carbocycles. The summed E-state index contributed by atoms with van der Waals surface area (Å²) in [4.78, 5) is 4.54. The fourth-order valence-corrected chi connectivity index (χ4v) is 3.82. The summed E-state index contributed by atoms with van der Waals surface area (Å²) in [6, 6.07) is 10.2. The molecule has 1 unspecified atom stereocenters. The summed E-state index contributed by atoms with van der Waals surface area (Å²) in [6.45, 7) is 4.83. The van der Waals surface area contributed by atoms with E-state index in [9.17, 15) is 5.26 Å². The molecule has 1 aliphatic rings. The van der Waals surface area contributed by atoms with E-state index in [4.69, 9.17) is 10.5 Å². The first-order chi connectivity index (χ1) is 12.2. The smallest absolute Gasteiger partial charge is 0.142 e. The van der Waals surface area contributed by atoms with Crippen molar-refractivity contribution in [3.05, 3.63) is 41.1 Å². The number of pyridine rings is 1. The van der Waals surface area contributed by atoms with E-state index in [1.807, 2.05) is 31.2 Å². The second kappa shape index (κ2) is 7.57. The molecule has 1 aromatic heterocycles. The van der Waals surface area contributed by atoms with Gasteiger partial charge in [-0.05, 0) is 55.4 Å². The third kappa shape index (κ3) is 3.46. The van der Waals surface area contributed by atoms with E-state index in [-0.39, 0.29) is 0 Å². The zero-order valence-electron chi connectivity index (χ0n) is 15.0. The molecule has 1 aromatic carbocycles. The molecular formula is C21H25N3O. The number of benzene rings is 1. The highest BCUT2D eigenvalue weighted by atomic mass is 16.5. The van der Waals surface area contributed by atoms with Gasteiger partial charge in [0.15, 0.2) is 0 Å². The van der Waals surface area contributed by atoms with Crippen molar-refractivity contribution in [3.8, 4) is 22.9 Å². The highest BCUT2D eigenvalue weighted by molar-refractivity contribution is 5.79. The Bertz CT molecular complexity index is 790. The molecule has 4 heteroatoms. The van der Waals surface area contributed by atoms with Crippen LogP contribution in [0.2, 0.25) is 0 Å². The van der Waals surface area contributed by atoms with E-state index in [0.717, 1.165) is 41.8 Å². The highest BCUT2D eigenvalue weighted by Gasteiger charge is 2.26. The molecule has 0 saturated carbocycles. The molecule has 4 nitrogen and oxygen atoms in total. The second-order valence-electron chi connectivity index (χ2n) is 6.64. The zero-order chi connectivity index (χ0) is 17.8. The summed E-state index contributed by atoms with van der Waals surface area (Å²) in [5.74, 6) is 1.85. The normalized spacial score (nSPS) is 16.1. The highest BCUT2D eigenvalue weighted by Crippen LogP contribution is 2.38. The van der Waals surface area contributed by atoms with Crippen molar-refractivity contribution >= 4 is 5.82 Å². The summed E-state index contributed by atoms with van der Waals surface area (Å²) in [5.41, 5.74) is 10.9. The van der Waals surface area contributed by atoms with Gasteiger partial charge in [0.1, 0.15) is 23.2 Å². The molecule has 2 N–H and O–H groups in total. The van der Waals surface area contributed by atoms with Gasteiger partial charge in [-0.3, -0.25) is 0 Å². The van der Waals surface area contributed by atoms with Gasteiger partial charge in [0.2, 0.25) is 0 Å². The number of hydrogen-bond acceptors (Lipinski definition) is 4. The predicted molar refractivity (Wildman–Crippen MR) is 100 cm³/mol. The van der Waals surface area contributed by atoms with Crippen LogP contribution in [0.3, 0.4) is 0 Å². The first kappa shape index (κ1) is 17.3. The Kier molecular flexibility index (Phi) is 5.23. The fourth-order valence-electron chi connectivity index (χ4n) is 3.82. The second-order valence-corrected chi connectivity index (χ2v) is 6.64. The van der Waals surface area contributed by atoms with Crippen LogP contribution in [0.5, 0.6) is 5.75 Å². The number of rotatable bonds is 5. The van der Waals surface area contributed by atoms with Crippen LogP contribution in [-0.2, 0) is 12.8 Å². The Labute approximate surface area is 149 Å². The van der Waals surface area contributed by atoms with Crippen LogP contribution < -0.4 is 10.5 Å². The Hall–Kier alpha value is -2.54. The number of fused-ring (bicyclic) bond motifs is 1. The monoisotopic (exact) mass is 335 g/mol. The largest absolute Gasteiger partial charge is 0.494 e. The Morgan fingerprint density at radius 1 is 1.28 bits per heavy atom. The molecule has 1 heterocycles. The molecule has 0 amide bonds. The van der Waals surface area contributed by atoms with Crippen LogP contribution >= 0.6 is 0 Å². The molecule has 130 valence electrons. The van der Waals surface area contributed by atoms with Crippen LogP contribution in [0.25, 0.3) is 11.1 Å². The number of nitrogens with zero attached hydrogens (tertiary/aromatic N) is 2. The van der Waals surface area contributed by atoms with Crippen molar-refractivity contribution in [1.82, 2.24) is 4.98 Å². The SMILES string of the molecule is CCCC1CCc2nc(N)c(C#N)c(-c3ccc(OCC)cc3)c2C1. The minimum atomic E-state index is 0.346. The van der Waals surface area contributed by atoms with Gasteiger partial charge >= 0.3 is 0 Å². The molecule has 0 spiro atoms. The number of ether oxygens (including phenoxy) is 1. The van der Waals surface area contributed by atoms with Crippen molar-refractivity contribution in [3.63, 3.8) is 0 Å². The maximum atomic E-state index is 9.68. The lowest BCUT2D eigenvalue weighted by molar-refractivity contribution is 0.340. The minimum absolute atomic E-state index is 0.346. The van der Waals surface area contributed by atoms with Crippen molar-refractivity contribution in [2.45, 2.75) is 46.0 Å². The van der Waals surface area contributed by atoms with Crippen LogP contribution in [-0.4, -0.2) is 11.6 Å². The number of aryl methyl sites for hydroxylation is 1. The standard InChI is InChI=1S/C21H25N3O/c1-3-5-14-6-11-19-17(12-14)20(18(13-22)21(23)24-19)15-7-9-16(10-8-15)25-4-2/h7-10,14H,3-6,11-12H2,1-2H3,(H2,23,24). The van der Waals surface area contributed by atoms with Crippen molar-refractivity contribution in [2.24, 2.45) is 5.92 Å². The van der Waals surface area contributed by atoms with Crippen LogP contribution in [0.15, 0.2) is 24.3 Å².